The van der Waals surface area contributed by atoms with Gasteiger partial charge in [0.2, 0.25) is 0 Å². The van der Waals surface area contributed by atoms with E-state index in [-0.39, 0.29) is 24.4 Å². The Morgan fingerprint density at radius 1 is 1.15 bits per heavy atom. The number of hydrazine groups is 1. The van der Waals surface area contributed by atoms with E-state index in [0.29, 0.717) is 5.92 Å². The van der Waals surface area contributed by atoms with Gasteiger partial charge in [-0.05, 0) is 29.2 Å². The van der Waals surface area contributed by atoms with E-state index in [1.165, 1.54) is 17.7 Å². The molecule has 0 amide bonds. The van der Waals surface area contributed by atoms with Crippen LogP contribution in [0.1, 0.15) is 24.1 Å². The molecule has 1 heterocycles. The Balaban J connectivity index is 1.70. The van der Waals surface area contributed by atoms with E-state index in [9.17, 15) is 9.50 Å². The highest BCUT2D eigenvalue weighted by atomic mass is 19.1. The van der Waals surface area contributed by atoms with Gasteiger partial charge >= 0.3 is 0 Å². The number of halogens is 1. The highest BCUT2D eigenvalue weighted by molar-refractivity contribution is 5.22. The Kier molecular flexibility index (Phi) is 6.74. The summed E-state index contributed by atoms with van der Waals surface area (Å²) in [6, 6.07) is 17.3. The molecule has 3 unspecified atom stereocenters. The fourth-order valence-electron chi connectivity index (χ4n) is 3.61. The van der Waals surface area contributed by atoms with Crippen LogP contribution in [-0.2, 0) is 6.54 Å². The van der Waals surface area contributed by atoms with Crippen LogP contribution in [0.3, 0.4) is 0 Å². The summed E-state index contributed by atoms with van der Waals surface area (Å²) in [5, 5.41) is 9.48. The average Bonchev–Trinajstić information content (AvgIpc) is 3.11. The topological polar surface area (TPSA) is 47.5 Å². The van der Waals surface area contributed by atoms with Crippen molar-refractivity contribution in [3.8, 4) is 0 Å². The van der Waals surface area contributed by atoms with Crippen molar-refractivity contribution < 1.29 is 9.50 Å². The third-order valence-electron chi connectivity index (χ3n) is 4.95. The molecular formula is C21H28FN3O. The number of benzene rings is 2. The smallest absolute Gasteiger partial charge is 0.123 e. The van der Waals surface area contributed by atoms with Gasteiger partial charge in [-0.2, -0.15) is 0 Å². The maximum atomic E-state index is 13.2. The van der Waals surface area contributed by atoms with Crippen molar-refractivity contribution >= 4 is 0 Å². The molecule has 0 saturated carbocycles. The van der Waals surface area contributed by atoms with Crippen LogP contribution in [0.2, 0.25) is 0 Å². The van der Waals surface area contributed by atoms with Crippen molar-refractivity contribution in [2.75, 3.05) is 26.2 Å². The van der Waals surface area contributed by atoms with E-state index in [2.05, 4.69) is 46.9 Å². The second-order valence-corrected chi connectivity index (χ2v) is 7.28. The van der Waals surface area contributed by atoms with Crippen LogP contribution in [0.15, 0.2) is 54.6 Å². The van der Waals surface area contributed by atoms with Crippen LogP contribution in [0.25, 0.3) is 0 Å². The third kappa shape index (κ3) is 5.11. The molecule has 5 heteroatoms. The molecule has 1 fully saturated rings. The molecule has 1 aliphatic rings. The summed E-state index contributed by atoms with van der Waals surface area (Å²) in [5.41, 5.74) is 8.95. The molecule has 1 aliphatic heterocycles. The molecule has 0 aromatic heterocycles. The van der Waals surface area contributed by atoms with Gasteiger partial charge in [0.1, 0.15) is 5.82 Å². The number of hydrogen-bond acceptors (Lipinski definition) is 4. The number of aliphatic hydroxyl groups excluding tert-OH is 1. The minimum atomic E-state index is -0.210. The first-order chi connectivity index (χ1) is 12.7. The summed E-state index contributed by atoms with van der Waals surface area (Å²) in [7, 11) is 0. The van der Waals surface area contributed by atoms with Crippen molar-refractivity contribution in [3.05, 3.63) is 71.5 Å². The number of nitrogens with zero attached hydrogens (tertiary/aromatic N) is 1. The molecule has 3 atom stereocenters. The quantitative estimate of drug-likeness (QED) is 0.680. The van der Waals surface area contributed by atoms with Crippen LogP contribution >= 0.6 is 0 Å². The molecule has 3 rings (SSSR count). The molecule has 2 aromatic rings. The molecule has 0 radical (unpaired) electrons. The van der Waals surface area contributed by atoms with E-state index in [1.807, 2.05) is 18.2 Å². The van der Waals surface area contributed by atoms with E-state index in [0.717, 1.165) is 31.7 Å². The molecule has 0 aliphatic carbocycles. The van der Waals surface area contributed by atoms with Crippen LogP contribution < -0.4 is 10.9 Å². The highest BCUT2D eigenvalue weighted by Gasteiger charge is 2.30. The first-order valence-corrected chi connectivity index (χ1v) is 9.26. The standard InChI is InChI=1S/C21H28FN3O/c1-16(15-26)12-25(13-17-5-3-2-4-6-17)14-19-11-23-24-21(19)18-7-9-20(22)10-8-18/h2-10,16,19,21,23-24,26H,11-15H2,1H3. The van der Waals surface area contributed by atoms with E-state index in [1.54, 1.807) is 0 Å². The van der Waals surface area contributed by atoms with Crippen molar-refractivity contribution in [2.45, 2.75) is 19.5 Å². The molecule has 1 saturated heterocycles. The molecular weight excluding hydrogens is 329 g/mol. The second kappa shape index (κ2) is 9.24. The second-order valence-electron chi connectivity index (χ2n) is 7.28. The van der Waals surface area contributed by atoms with Crippen molar-refractivity contribution in [2.24, 2.45) is 11.8 Å². The number of rotatable bonds is 8. The Morgan fingerprint density at radius 2 is 1.88 bits per heavy atom. The van der Waals surface area contributed by atoms with Gasteiger partial charge in [0, 0.05) is 38.7 Å². The lowest BCUT2D eigenvalue weighted by Gasteiger charge is -2.30. The minimum absolute atomic E-state index is 0.151. The first-order valence-electron chi connectivity index (χ1n) is 9.26. The molecule has 26 heavy (non-hydrogen) atoms. The number of nitrogens with one attached hydrogen (secondary N) is 2. The van der Waals surface area contributed by atoms with E-state index in [4.69, 9.17) is 0 Å². The normalized spacial score (nSPS) is 21.2. The lowest BCUT2D eigenvalue weighted by Crippen LogP contribution is -2.36. The van der Waals surface area contributed by atoms with E-state index >= 15 is 0 Å². The van der Waals surface area contributed by atoms with Gasteiger partial charge in [-0.25, -0.2) is 9.82 Å². The fraction of sp³-hybridized carbons (Fsp3) is 0.429. The zero-order chi connectivity index (χ0) is 18.4. The average molecular weight is 357 g/mol. The highest BCUT2D eigenvalue weighted by Crippen LogP contribution is 2.26. The lowest BCUT2D eigenvalue weighted by atomic mass is 9.94. The zero-order valence-electron chi connectivity index (χ0n) is 15.2. The third-order valence-corrected chi connectivity index (χ3v) is 4.95. The predicted octanol–water partition coefficient (Wildman–Crippen LogP) is 2.72. The maximum absolute atomic E-state index is 13.2. The van der Waals surface area contributed by atoms with Crippen molar-refractivity contribution in [1.29, 1.82) is 0 Å². The SMILES string of the molecule is CC(CO)CN(Cc1ccccc1)CC1CNNC1c1ccc(F)cc1. The summed E-state index contributed by atoms with van der Waals surface area (Å²) >= 11 is 0. The molecule has 140 valence electrons. The Bertz CT molecular complexity index is 665. The Labute approximate surface area is 155 Å². The van der Waals surface area contributed by atoms with Gasteiger partial charge in [0.25, 0.3) is 0 Å². The van der Waals surface area contributed by atoms with Gasteiger partial charge in [-0.3, -0.25) is 10.3 Å². The largest absolute Gasteiger partial charge is 0.396 e. The van der Waals surface area contributed by atoms with Crippen LogP contribution in [0.5, 0.6) is 0 Å². The zero-order valence-corrected chi connectivity index (χ0v) is 15.2. The molecule has 2 aromatic carbocycles. The monoisotopic (exact) mass is 357 g/mol. The molecule has 3 N–H and O–H groups in total. The predicted molar refractivity (Wildman–Crippen MR) is 102 cm³/mol. The van der Waals surface area contributed by atoms with Crippen molar-refractivity contribution in [3.63, 3.8) is 0 Å². The van der Waals surface area contributed by atoms with Gasteiger partial charge in [-0.15, -0.1) is 0 Å². The van der Waals surface area contributed by atoms with Crippen LogP contribution in [-0.4, -0.2) is 36.2 Å². The minimum Gasteiger partial charge on any atom is -0.396 e. The van der Waals surface area contributed by atoms with Crippen LogP contribution in [0.4, 0.5) is 4.39 Å². The molecule has 4 nitrogen and oxygen atoms in total. The summed E-state index contributed by atoms with van der Waals surface area (Å²) in [4.78, 5) is 2.41. The Morgan fingerprint density at radius 3 is 2.58 bits per heavy atom. The van der Waals surface area contributed by atoms with Gasteiger partial charge in [-0.1, -0.05) is 49.4 Å². The summed E-state index contributed by atoms with van der Waals surface area (Å²) in [5.74, 6) is 0.388. The molecule has 0 bridgehead atoms. The summed E-state index contributed by atoms with van der Waals surface area (Å²) in [6.07, 6.45) is 0. The van der Waals surface area contributed by atoms with Gasteiger partial charge in [0.15, 0.2) is 0 Å². The number of aliphatic hydroxyl groups is 1. The lowest BCUT2D eigenvalue weighted by molar-refractivity contribution is 0.150. The first kappa shape index (κ1) is 19.0. The van der Waals surface area contributed by atoms with Crippen molar-refractivity contribution in [1.82, 2.24) is 15.8 Å². The summed E-state index contributed by atoms with van der Waals surface area (Å²) in [6.45, 7) is 5.73. The van der Waals surface area contributed by atoms with Gasteiger partial charge in [0.05, 0.1) is 6.04 Å². The Hall–Kier alpha value is -1.79. The molecule has 0 spiro atoms. The van der Waals surface area contributed by atoms with Gasteiger partial charge < -0.3 is 5.11 Å². The number of hydrogen-bond donors (Lipinski definition) is 3. The summed E-state index contributed by atoms with van der Waals surface area (Å²) < 4.78 is 13.2. The fourth-order valence-corrected chi connectivity index (χ4v) is 3.61. The van der Waals surface area contributed by atoms with E-state index < -0.39 is 0 Å². The maximum Gasteiger partial charge on any atom is 0.123 e. The van der Waals surface area contributed by atoms with Crippen LogP contribution in [0, 0.1) is 17.7 Å².